The molecule has 2 rings (SSSR count). The van der Waals surface area contributed by atoms with Gasteiger partial charge in [0.15, 0.2) is 0 Å². The molecule has 0 aliphatic heterocycles. The van der Waals surface area contributed by atoms with E-state index in [0.717, 1.165) is 0 Å². The number of benzene rings is 1. The zero-order chi connectivity index (χ0) is 10.1. The zero-order valence-corrected chi connectivity index (χ0v) is 10.7. The van der Waals surface area contributed by atoms with Crippen molar-refractivity contribution < 1.29 is 42.7 Å². The zero-order valence-electron chi connectivity index (χ0n) is 7.93. The average molecular weight is 232 g/mol. The number of hydrogen-bond donors (Lipinski definition) is 0. The van der Waals surface area contributed by atoms with Crippen LogP contribution in [0.1, 0.15) is 0 Å². The standard InChI is InChI=1S/C9H6O4S.Na/c10-9-4-1-6-5-7(14(11)12)2-3-8(6)13-9;/h1-5H,(H,11,12);/q;+1/p-1. The van der Waals surface area contributed by atoms with E-state index in [9.17, 15) is 13.6 Å². The van der Waals surface area contributed by atoms with E-state index in [4.69, 9.17) is 4.42 Å². The van der Waals surface area contributed by atoms with Gasteiger partial charge in [-0.3, -0.25) is 4.21 Å². The molecule has 1 heterocycles. The molecule has 0 aliphatic carbocycles. The predicted molar refractivity (Wildman–Crippen MR) is 49.7 cm³/mol. The maximum absolute atomic E-state index is 10.8. The van der Waals surface area contributed by atoms with Crippen molar-refractivity contribution in [3.05, 3.63) is 40.8 Å². The van der Waals surface area contributed by atoms with Crippen molar-refractivity contribution in [2.75, 3.05) is 0 Å². The Kier molecular flexibility index (Phi) is 4.24. The van der Waals surface area contributed by atoms with Crippen LogP contribution in [0, 0.1) is 0 Å². The first kappa shape index (κ1) is 12.6. The Hall–Kier alpha value is -0.460. The molecule has 1 aromatic carbocycles. The van der Waals surface area contributed by atoms with Crippen molar-refractivity contribution in [3.8, 4) is 0 Å². The molecule has 6 heteroatoms. The van der Waals surface area contributed by atoms with Crippen molar-refractivity contribution in [2.24, 2.45) is 0 Å². The molecule has 0 N–H and O–H groups in total. The fourth-order valence-corrected chi connectivity index (χ4v) is 1.56. The Bertz CT molecular complexity index is 563. The van der Waals surface area contributed by atoms with Gasteiger partial charge in [-0.15, -0.1) is 0 Å². The van der Waals surface area contributed by atoms with Crippen molar-refractivity contribution >= 4 is 22.0 Å². The number of fused-ring (bicyclic) bond motifs is 1. The number of rotatable bonds is 1. The third-order valence-electron chi connectivity index (χ3n) is 1.78. The van der Waals surface area contributed by atoms with Gasteiger partial charge in [-0.1, -0.05) is 0 Å². The molecule has 15 heavy (non-hydrogen) atoms. The van der Waals surface area contributed by atoms with Gasteiger partial charge in [0.1, 0.15) is 5.58 Å². The topological polar surface area (TPSA) is 70.3 Å². The molecule has 0 amide bonds. The minimum absolute atomic E-state index is 0. The summed E-state index contributed by atoms with van der Waals surface area (Å²) in [7, 11) is 0. The summed E-state index contributed by atoms with van der Waals surface area (Å²) in [5.41, 5.74) is -0.0693. The van der Waals surface area contributed by atoms with E-state index in [1.165, 1.54) is 30.3 Å². The van der Waals surface area contributed by atoms with Crippen molar-refractivity contribution in [2.45, 2.75) is 4.90 Å². The largest absolute Gasteiger partial charge is 1.00 e. The molecule has 1 unspecified atom stereocenters. The van der Waals surface area contributed by atoms with E-state index in [0.29, 0.717) is 11.0 Å². The van der Waals surface area contributed by atoms with Gasteiger partial charge in [-0.2, -0.15) is 0 Å². The van der Waals surface area contributed by atoms with E-state index in [-0.39, 0.29) is 34.5 Å². The predicted octanol–water partition coefficient (Wildman–Crippen LogP) is -1.96. The minimum atomic E-state index is -2.26. The van der Waals surface area contributed by atoms with E-state index < -0.39 is 16.7 Å². The smallest absolute Gasteiger partial charge is 0.768 e. The van der Waals surface area contributed by atoms with E-state index in [1.54, 1.807) is 0 Å². The Labute approximate surface area is 110 Å². The van der Waals surface area contributed by atoms with Gasteiger partial charge in [0.2, 0.25) is 0 Å². The molecule has 0 bridgehead atoms. The van der Waals surface area contributed by atoms with Gasteiger partial charge in [0, 0.05) is 16.3 Å². The second kappa shape index (κ2) is 5.05. The summed E-state index contributed by atoms with van der Waals surface area (Å²) in [5.74, 6) is 0. The fraction of sp³-hybridized carbons (Fsp3) is 0. The first-order valence-corrected chi connectivity index (χ1v) is 4.87. The van der Waals surface area contributed by atoms with Crippen molar-refractivity contribution in [3.63, 3.8) is 0 Å². The Morgan fingerprint density at radius 2 is 1.93 bits per heavy atom. The molecule has 0 radical (unpaired) electrons. The van der Waals surface area contributed by atoms with Gasteiger partial charge in [-0.25, -0.2) is 4.79 Å². The van der Waals surface area contributed by atoms with Crippen LogP contribution >= 0.6 is 0 Å². The normalized spacial score (nSPS) is 12.1. The maximum Gasteiger partial charge on any atom is 1.00 e. The monoisotopic (exact) mass is 232 g/mol. The first-order chi connectivity index (χ1) is 6.66. The van der Waals surface area contributed by atoms with Crippen LogP contribution < -0.4 is 35.2 Å². The summed E-state index contributed by atoms with van der Waals surface area (Å²) in [6, 6.07) is 7.06. The van der Waals surface area contributed by atoms with Crippen molar-refractivity contribution in [1.82, 2.24) is 0 Å². The molecule has 0 spiro atoms. The van der Waals surface area contributed by atoms with Gasteiger partial charge < -0.3 is 8.97 Å². The van der Waals surface area contributed by atoms with Crippen LogP contribution in [-0.2, 0) is 11.1 Å². The SMILES string of the molecule is O=c1ccc2cc(S(=O)[O-])ccc2o1.[Na+]. The van der Waals surface area contributed by atoms with Crippen LogP contribution in [0.25, 0.3) is 11.0 Å². The van der Waals surface area contributed by atoms with E-state index >= 15 is 0 Å². The quantitative estimate of drug-likeness (QED) is 0.325. The number of hydrogen-bond acceptors (Lipinski definition) is 4. The first-order valence-electron chi connectivity index (χ1n) is 3.80. The molecule has 0 fully saturated rings. The molecule has 4 nitrogen and oxygen atoms in total. The summed E-state index contributed by atoms with van der Waals surface area (Å²) in [6.07, 6.45) is 0. The molecule has 0 saturated carbocycles. The fourth-order valence-electron chi connectivity index (χ4n) is 1.15. The summed E-state index contributed by atoms with van der Waals surface area (Å²) in [5, 5.41) is 0.589. The maximum atomic E-state index is 10.8. The Balaban J connectivity index is 0.00000112. The molecule has 2 aromatic rings. The van der Waals surface area contributed by atoms with Crippen LogP contribution in [0.2, 0.25) is 0 Å². The Morgan fingerprint density at radius 3 is 2.60 bits per heavy atom. The average Bonchev–Trinajstić information content (AvgIpc) is 2.16. The molecule has 0 saturated heterocycles. The summed E-state index contributed by atoms with van der Waals surface area (Å²) in [4.78, 5) is 11.0. The van der Waals surface area contributed by atoms with Crippen molar-refractivity contribution in [1.29, 1.82) is 0 Å². The van der Waals surface area contributed by atoms with Gasteiger partial charge in [0.25, 0.3) is 0 Å². The third-order valence-corrected chi connectivity index (χ3v) is 2.42. The van der Waals surface area contributed by atoms with Crippen LogP contribution in [0.15, 0.2) is 44.4 Å². The second-order valence-corrected chi connectivity index (χ2v) is 3.63. The van der Waals surface area contributed by atoms with Gasteiger partial charge >= 0.3 is 35.2 Å². The molecule has 1 aromatic heterocycles. The summed E-state index contributed by atoms with van der Waals surface area (Å²) in [6.45, 7) is 0. The van der Waals surface area contributed by atoms with Crippen LogP contribution in [0.4, 0.5) is 0 Å². The van der Waals surface area contributed by atoms with E-state index in [2.05, 4.69) is 0 Å². The minimum Gasteiger partial charge on any atom is -0.768 e. The molecule has 72 valence electrons. The molecular weight excluding hydrogens is 227 g/mol. The van der Waals surface area contributed by atoms with Gasteiger partial charge in [-0.05, 0) is 35.3 Å². The van der Waals surface area contributed by atoms with Crippen LogP contribution in [0.3, 0.4) is 0 Å². The summed E-state index contributed by atoms with van der Waals surface area (Å²) >= 11 is -2.26. The van der Waals surface area contributed by atoms with E-state index in [1.807, 2.05) is 0 Å². The van der Waals surface area contributed by atoms with Crippen LogP contribution in [-0.4, -0.2) is 8.76 Å². The van der Waals surface area contributed by atoms with Crippen LogP contribution in [0.5, 0.6) is 0 Å². The molecule has 0 aliphatic rings. The molecule has 1 atom stereocenters. The Morgan fingerprint density at radius 1 is 1.20 bits per heavy atom. The second-order valence-electron chi connectivity index (χ2n) is 2.69. The molecular formula is C9H5NaO4S. The summed E-state index contributed by atoms with van der Waals surface area (Å²) < 4.78 is 26.1. The third kappa shape index (κ3) is 2.76. The van der Waals surface area contributed by atoms with Gasteiger partial charge in [0.05, 0.1) is 0 Å².